The molecule has 0 aliphatic carbocycles. The first kappa shape index (κ1) is 22.4. The lowest BCUT2D eigenvalue weighted by atomic mass is 9.91. The normalized spacial score (nSPS) is 16.2. The second-order valence-electron chi connectivity index (χ2n) is 8.50. The molecular weight excluding hydrogens is 427 g/mol. The number of non-ortho nitro benzene ring substituents is 1. The van der Waals surface area contributed by atoms with Gasteiger partial charge in [0.15, 0.2) is 5.82 Å². The highest BCUT2D eigenvalue weighted by Gasteiger charge is 2.25. The maximum atomic E-state index is 14.5. The van der Waals surface area contributed by atoms with Crippen LogP contribution in [0.1, 0.15) is 32.0 Å². The lowest BCUT2D eigenvalue weighted by molar-refractivity contribution is -0.384. The SMILES string of the molecule is CC(C)OC(=O)N1CC=C(c2ccc(Cn3ccc4cc([N+](=O)[O-])cc(F)c43)nc2)C(C)C1. The van der Waals surface area contributed by atoms with Crippen molar-refractivity contribution in [1.82, 2.24) is 14.5 Å². The average molecular weight is 452 g/mol. The van der Waals surface area contributed by atoms with Gasteiger partial charge in [0.05, 0.1) is 34.8 Å². The number of benzene rings is 1. The second-order valence-corrected chi connectivity index (χ2v) is 8.50. The minimum atomic E-state index is -0.637. The number of carbonyl (C=O) groups excluding carboxylic acids is 1. The molecule has 8 nitrogen and oxygen atoms in total. The molecule has 33 heavy (non-hydrogen) atoms. The first-order valence-corrected chi connectivity index (χ1v) is 10.8. The standard InChI is InChI=1S/C24H25FN4O4/c1-15(2)33-24(30)28-9-7-21(16(3)13-28)18-4-5-19(26-12-18)14-27-8-6-17-10-20(29(31)32)11-22(25)23(17)27/h4-8,10-12,15-16H,9,13-14H2,1-3H3. The molecule has 3 heterocycles. The lowest BCUT2D eigenvalue weighted by Gasteiger charge is -2.31. The summed E-state index contributed by atoms with van der Waals surface area (Å²) in [7, 11) is 0. The molecule has 2 aromatic heterocycles. The predicted molar refractivity (Wildman–Crippen MR) is 122 cm³/mol. The fraction of sp³-hybridized carbons (Fsp3) is 0.333. The number of amides is 1. The third-order valence-corrected chi connectivity index (χ3v) is 5.65. The Bertz CT molecular complexity index is 1230. The smallest absolute Gasteiger partial charge is 0.410 e. The van der Waals surface area contributed by atoms with Crippen LogP contribution in [0.4, 0.5) is 14.9 Å². The first-order chi connectivity index (χ1) is 15.7. The van der Waals surface area contributed by atoms with Crippen molar-refractivity contribution in [3.05, 3.63) is 76.0 Å². The van der Waals surface area contributed by atoms with Crippen LogP contribution >= 0.6 is 0 Å². The summed E-state index contributed by atoms with van der Waals surface area (Å²) >= 11 is 0. The van der Waals surface area contributed by atoms with Crippen molar-refractivity contribution in [3.8, 4) is 0 Å². The number of rotatable bonds is 5. The zero-order valence-corrected chi connectivity index (χ0v) is 18.7. The van der Waals surface area contributed by atoms with Gasteiger partial charge in [-0.05, 0) is 43.0 Å². The van der Waals surface area contributed by atoms with Crippen molar-refractivity contribution in [1.29, 1.82) is 0 Å². The molecule has 0 saturated heterocycles. The summed E-state index contributed by atoms with van der Waals surface area (Å²) in [6, 6.07) is 7.82. The Hall–Kier alpha value is -3.75. The number of fused-ring (bicyclic) bond motifs is 1. The lowest BCUT2D eigenvalue weighted by Crippen LogP contribution is -2.39. The molecule has 9 heteroatoms. The van der Waals surface area contributed by atoms with Crippen LogP contribution in [0.3, 0.4) is 0 Å². The van der Waals surface area contributed by atoms with Crippen molar-refractivity contribution < 1.29 is 18.8 Å². The summed E-state index contributed by atoms with van der Waals surface area (Å²) in [6.07, 6.45) is 5.04. The van der Waals surface area contributed by atoms with Gasteiger partial charge in [-0.25, -0.2) is 9.18 Å². The molecule has 4 rings (SSSR count). The number of aromatic nitrogens is 2. The summed E-state index contributed by atoms with van der Waals surface area (Å²) in [6.45, 7) is 7.10. The van der Waals surface area contributed by atoms with E-state index in [0.717, 1.165) is 22.9 Å². The number of pyridine rings is 1. The van der Waals surface area contributed by atoms with E-state index in [1.165, 1.54) is 6.07 Å². The number of nitrogens with zero attached hydrogens (tertiary/aromatic N) is 4. The summed E-state index contributed by atoms with van der Waals surface area (Å²) in [5, 5.41) is 11.4. The molecule has 1 unspecified atom stereocenters. The van der Waals surface area contributed by atoms with Gasteiger partial charge < -0.3 is 14.2 Å². The number of ether oxygens (including phenoxy) is 1. The molecule has 0 saturated carbocycles. The molecule has 1 aliphatic rings. The Kier molecular flexibility index (Phi) is 6.13. The molecular formula is C24H25FN4O4. The molecule has 0 N–H and O–H groups in total. The Balaban J connectivity index is 1.50. The topological polar surface area (TPSA) is 90.5 Å². The Morgan fingerprint density at radius 2 is 2.12 bits per heavy atom. The minimum absolute atomic E-state index is 0.129. The highest BCUT2D eigenvalue weighted by Crippen LogP contribution is 2.29. The van der Waals surface area contributed by atoms with Crippen LogP contribution in [0, 0.1) is 21.8 Å². The van der Waals surface area contributed by atoms with Crippen molar-refractivity contribution in [3.63, 3.8) is 0 Å². The van der Waals surface area contributed by atoms with Gasteiger partial charge in [-0.2, -0.15) is 0 Å². The maximum Gasteiger partial charge on any atom is 0.410 e. The average Bonchev–Trinajstić information content (AvgIpc) is 3.17. The molecule has 1 atom stereocenters. The third-order valence-electron chi connectivity index (χ3n) is 5.65. The van der Waals surface area contributed by atoms with Crippen LogP contribution in [0.5, 0.6) is 0 Å². The van der Waals surface area contributed by atoms with Crippen molar-refractivity contribution in [2.24, 2.45) is 5.92 Å². The predicted octanol–water partition coefficient (Wildman–Crippen LogP) is 5.01. The zero-order chi connectivity index (χ0) is 23.7. The van der Waals surface area contributed by atoms with E-state index in [9.17, 15) is 19.3 Å². The summed E-state index contributed by atoms with van der Waals surface area (Å²) in [4.78, 5) is 28.8. The monoisotopic (exact) mass is 452 g/mol. The summed E-state index contributed by atoms with van der Waals surface area (Å²) in [5.74, 6) is -0.507. The quantitative estimate of drug-likeness (QED) is 0.401. The van der Waals surface area contributed by atoms with Crippen LogP contribution < -0.4 is 0 Å². The van der Waals surface area contributed by atoms with E-state index >= 15 is 0 Å². The highest BCUT2D eigenvalue weighted by molar-refractivity contribution is 5.83. The molecule has 0 radical (unpaired) electrons. The maximum absolute atomic E-state index is 14.5. The number of hydrogen-bond acceptors (Lipinski definition) is 5. The van der Waals surface area contributed by atoms with Crippen LogP contribution in [-0.2, 0) is 11.3 Å². The van der Waals surface area contributed by atoms with Gasteiger partial charge in [0.25, 0.3) is 5.69 Å². The van der Waals surface area contributed by atoms with E-state index in [1.807, 2.05) is 32.1 Å². The highest BCUT2D eigenvalue weighted by atomic mass is 19.1. The fourth-order valence-corrected chi connectivity index (χ4v) is 4.12. The molecule has 0 spiro atoms. The molecule has 1 aromatic carbocycles. The van der Waals surface area contributed by atoms with Gasteiger partial charge in [-0.1, -0.05) is 19.1 Å². The Morgan fingerprint density at radius 1 is 1.33 bits per heavy atom. The Labute approximate surface area is 190 Å². The molecule has 3 aromatic rings. The van der Waals surface area contributed by atoms with E-state index < -0.39 is 10.7 Å². The van der Waals surface area contributed by atoms with Crippen LogP contribution in [-0.4, -0.2) is 44.7 Å². The number of halogens is 1. The van der Waals surface area contributed by atoms with E-state index in [0.29, 0.717) is 30.5 Å². The fourth-order valence-electron chi connectivity index (χ4n) is 4.12. The summed E-state index contributed by atoms with van der Waals surface area (Å²) < 4.78 is 21.5. The third kappa shape index (κ3) is 4.72. The van der Waals surface area contributed by atoms with Gasteiger partial charge in [0.1, 0.15) is 0 Å². The number of hydrogen-bond donors (Lipinski definition) is 0. The van der Waals surface area contributed by atoms with Gasteiger partial charge >= 0.3 is 6.09 Å². The molecule has 1 amide bonds. The number of nitro benzene ring substituents is 1. The Morgan fingerprint density at radius 3 is 2.76 bits per heavy atom. The first-order valence-electron chi connectivity index (χ1n) is 10.8. The molecule has 1 aliphatic heterocycles. The molecule has 0 bridgehead atoms. The van der Waals surface area contributed by atoms with Crippen LogP contribution in [0.25, 0.3) is 16.5 Å². The van der Waals surface area contributed by atoms with Crippen molar-refractivity contribution >= 4 is 28.3 Å². The van der Waals surface area contributed by atoms with Gasteiger partial charge in [-0.3, -0.25) is 15.1 Å². The van der Waals surface area contributed by atoms with E-state index in [-0.39, 0.29) is 23.8 Å². The van der Waals surface area contributed by atoms with Crippen molar-refractivity contribution in [2.45, 2.75) is 33.4 Å². The van der Waals surface area contributed by atoms with E-state index in [4.69, 9.17) is 4.74 Å². The zero-order valence-electron chi connectivity index (χ0n) is 18.7. The van der Waals surface area contributed by atoms with Gasteiger partial charge in [0, 0.05) is 36.9 Å². The van der Waals surface area contributed by atoms with Gasteiger partial charge in [-0.15, -0.1) is 0 Å². The second kappa shape index (κ2) is 9.01. The van der Waals surface area contributed by atoms with Crippen LogP contribution in [0.15, 0.2) is 48.8 Å². The summed E-state index contributed by atoms with van der Waals surface area (Å²) in [5.41, 5.74) is 2.87. The number of nitro groups is 1. The number of carbonyl (C=O) groups is 1. The van der Waals surface area contributed by atoms with E-state index in [1.54, 1.807) is 27.9 Å². The molecule has 0 fully saturated rings. The largest absolute Gasteiger partial charge is 0.447 e. The molecule has 172 valence electrons. The van der Waals surface area contributed by atoms with Crippen LogP contribution in [0.2, 0.25) is 0 Å². The van der Waals surface area contributed by atoms with Gasteiger partial charge in [0.2, 0.25) is 0 Å². The minimum Gasteiger partial charge on any atom is -0.447 e. The van der Waals surface area contributed by atoms with Crippen molar-refractivity contribution in [2.75, 3.05) is 13.1 Å². The van der Waals surface area contributed by atoms with E-state index in [2.05, 4.69) is 11.9 Å².